The van der Waals surface area contributed by atoms with Crippen LogP contribution >= 0.6 is 22.9 Å². The molecular weight excluding hydrogens is 242 g/mol. The van der Waals surface area contributed by atoms with Crippen LogP contribution in [-0.2, 0) is 6.42 Å². The standard InChI is InChI=1S/C12H10ClNOS/c1-6(15)12-14-11-9-3-2-8(13)4-7(9)5-10(11)16-12/h2-4,6,15H,5H2,1H3. The first-order chi connectivity index (χ1) is 7.65. The van der Waals surface area contributed by atoms with Crippen molar-refractivity contribution >= 4 is 22.9 Å². The molecular formula is C12H10ClNOS. The van der Waals surface area contributed by atoms with Gasteiger partial charge in [-0.3, -0.25) is 0 Å². The van der Waals surface area contributed by atoms with Crippen molar-refractivity contribution in [1.82, 2.24) is 4.98 Å². The minimum Gasteiger partial charge on any atom is -0.386 e. The van der Waals surface area contributed by atoms with Crippen molar-refractivity contribution in [2.75, 3.05) is 0 Å². The number of hydrogen-bond acceptors (Lipinski definition) is 3. The maximum atomic E-state index is 9.50. The number of halogens is 1. The average Bonchev–Trinajstić information content (AvgIpc) is 2.73. The number of thiazole rings is 1. The van der Waals surface area contributed by atoms with Gasteiger partial charge in [-0.1, -0.05) is 17.7 Å². The van der Waals surface area contributed by atoms with E-state index < -0.39 is 6.10 Å². The fraction of sp³-hybridized carbons (Fsp3) is 0.250. The van der Waals surface area contributed by atoms with Crippen LogP contribution in [0.15, 0.2) is 18.2 Å². The van der Waals surface area contributed by atoms with Gasteiger partial charge < -0.3 is 5.11 Å². The molecule has 0 amide bonds. The van der Waals surface area contributed by atoms with Gasteiger partial charge >= 0.3 is 0 Å². The molecule has 1 N–H and O–H groups in total. The molecule has 0 saturated heterocycles. The lowest BCUT2D eigenvalue weighted by atomic mass is 10.1. The van der Waals surface area contributed by atoms with Crippen LogP contribution in [0.2, 0.25) is 5.02 Å². The Kier molecular flexibility index (Phi) is 2.28. The van der Waals surface area contributed by atoms with Crippen molar-refractivity contribution in [1.29, 1.82) is 0 Å². The van der Waals surface area contributed by atoms with E-state index in [0.717, 1.165) is 27.7 Å². The summed E-state index contributed by atoms with van der Waals surface area (Å²) in [5.74, 6) is 0. The predicted octanol–water partition coefficient (Wildman–Crippen LogP) is 3.42. The number of hydrogen-bond donors (Lipinski definition) is 1. The number of nitrogens with zero attached hydrogens (tertiary/aromatic N) is 1. The van der Waals surface area contributed by atoms with Gasteiger partial charge in [0.2, 0.25) is 0 Å². The molecule has 1 aromatic heterocycles. The van der Waals surface area contributed by atoms with Crippen LogP contribution in [0.4, 0.5) is 0 Å². The van der Waals surface area contributed by atoms with Crippen molar-refractivity contribution in [2.45, 2.75) is 19.4 Å². The van der Waals surface area contributed by atoms with E-state index in [1.165, 1.54) is 10.4 Å². The molecule has 1 atom stereocenters. The van der Waals surface area contributed by atoms with Gasteiger partial charge in [0.25, 0.3) is 0 Å². The molecule has 2 aromatic rings. The molecule has 1 heterocycles. The molecule has 4 heteroatoms. The Morgan fingerprint density at radius 2 is 2.31 bits per heavy atom. The maximum absolute atomic E-state index is 9.50. The van der Waals surface area contributed by atoms with E-state index in [-0.39, 0.29) is 0 Å². The van der Waals surface area contributed by atoms with Gasteiger partial charge in [-0.25, -0.2) is 4.98 Å². The molecule has 2 nitrogen and oxygen atoms in total. The van der Waals surface area contributed by atoms with Gasteiger partial charge in [-0.15, -0.1) is 11.3 Å². The third-order valence-corrected chi connectivity index (χ3v) is 4.21. The summed E-state index contributed by atoms with van der Waals surface area (Å²) >= 11 is 7.55. The molecule has 3 rings (SSSR count). The summed E-state index contributed by atoms with van der Waals surface area (Å²) in [7, 11) is 0. The van der Waals surface area contributed by atoms with E-state index in [0.29, 0.717) is 0 Å². The van der Waals surface area contributed by atoms with Crippen LogP contribution in [0.3, 0.4) is 0 Å². The van der Waals surface area contributed by atoms with Gasteiger partial charge in [0, 0.05) is 21.9 Å². The number of aromatic nitrogens is 1. The third kappa shape index (κ3) is 1.47. The second kappa shape index (κ2) is 3.55. The van der Waals surface area contributed by atoms with E-state index in [2.05, 4.69) is 4.98 Å². The summed E-state index contributed by atoms with van der Waals surface area (Å²) < 4.78 is 0. The summed E-state index contributed by atoms with van der Waals surface area (Å²) in [4.78, 5) is 5.72. The van der Waals surface area contributed by atoms with Crippen LogP contribution in [0.25, 0.3) is 11.3 Å². The Morgan fingerprint density at radius 3 is 3.06 bits per heavy atom. The molecule has 1 aliphatic rings. The molecule has 1 unspecified atom stereocenters. The van der Waals surface area contributed by atoms with E-state index in [1.54, 1.807) is 18.3 Å². The molecule has 0 saturated carbocycles. The van der Waals surface area contributed by atoms with Gasteiger partial charge in [0.15, 0.2) is 0 Å². The number of benzene rings is 1. The lowest BCUT2D eigenvalue weighted by Crippen LogP contribution is -1.89. The number of aliphatic hydroxyl groups is 1. The molecule has 0 bridgehead atoms. The predicted molar refractivity (Wildman–Crippen MR) is 66.0 cm³/mol. The lowest BCUT2D eigenvalue weighted by molar-refractivity contribution is 0.199. The lowest BCUT2D eigenvalue weighted by Gasteiger charge is -2.01. The van der Waals surface area contributed by atoms with Crippen molar-refractivity contribution < 1.29 is 5.11 Å². The number of fused-ring (bicyclic) bond motifs is 3. The van der Waals surface area contributed by atoms with Crippen molar-refractivity contribution in [3.05, 3.63) is 38.7 Å². The summed E-state index contributed by atoms with van der Waals surface area (Å²) in [6.45, 7) is 1.75. The summed E-state index contributed by atoms with van der Waals surface area (Å²) in [6, 6.07) is 5.89. The maximum Gasteiger partial charge on any atom is 0.122 e. The topological polar surface area (TPSA) is 33.1 Å². The molecule has 0 spiro atoms. The first kappa shape index (κ1) is 10.3. The SMILES string of the molecule is CC(O)c1nc2c(s1)Cc1cc(Cl)ccc1-2. The van der Waals surface area contributed by atoms with Crippen molar-refractivity contribution in [3.8, 4) is 11.3 Å². The average molecular weight is 252 g/mol. The third-order valence-electron chi connectivity index (χ3n) is 2.74. The van der Waals surface area contributed by atoms with Crippen molar-refractivity contribution in [2.24, 2.45) is 0 Å². The fourth-order valence-corrected chi connectivity index (χ4v) is 3.23. The second-order valence-corrected chi connectivity index (χ2v) is 5.53. The highest BCUT2D eigenvalue weighted by Gasteiger charge is 2.24. The Balaban J connectivity index is 2.13. The zero-order chi connectivity index (χ0) is 11.3. The van der Waals surface area contributed by atoms with Crippen LogP contribution < -0.4 is 0 Å². The Morgan fingerprint density at radius 1 is 1.50 bits per heavy atom. The first-order valence-corrected chi connectivity index (χ1v) is 6.31. The van der Waals surface area contributed by atoms with E-state index in [9.17, 15) is 5.11 Å². The van der Waals surface area contributed by atoms with Gasteiger partial charge in [0.05, 0.1) is 5.69 Å². The molecule has 0 fully saturated rings. The summed E-state index contributed by atoms with van der Waals surface area (Å²) in [5.41, 5.74) is 3.41. The molecule has 82 valence electrons. The highest BCUT2D eigenvalue weighted by molar-refractivity contribution is 7.12. The van der Waals surface area contributed by atoms with Crippen LogP contribution in [0, 0.1) is 0 Å². The van der Waals surface area contributed by atoms with Crippen LogP contribution in [0.1, 0.15) is 28.5 Å². The molecule has 1 aromatic carbocycles. The van der Waals surface area contributed by atoms with E-state index >= 15 is 0 Å². The highest BCUT2D eigenvalue weighted by Crippen LogP contribution is 2.41. The zero-order valence-electron chi connectivity index (χ0n) is 8.70. The zero-order valence-corrected chi connectivity index (χ0v) is 10.3. The summed E-state index contributed by atoms with van der Waals surface area (Å²) in [6.07, 6.45) is 0.404. The Bertz CT molecular complexity index is 562. The quantitative estimate of drug-likeness (QED) is 0.719. The minimum atomic E-state index is -0.480. The summed E-state index contributed by atoms with van der Waals surface area (Å²) in [5, 5.41) is 11.1. The smallest absolute Gasteiger partial charge is 0.122 e. The van der Waals surface area contributed by atoms with Crippen LogP contribution in [0.5, 0.6) is 0 Å². The number of rotatable bonds is 1. The monoisotopic (exact) mass is 251 g/mol. The first-order valence-electron chi connectivity index (χ1n) is 5.11. The number of aliphatic hydroxyl groups excluding tert-OH is 1. The largest absolute Gasteiger partial charge is 0.386 e. The van der Waals surface area contributed by atoms with Crippen molar-refractivity contribution in [3.63, 3.8) is 0 Å². The van der Waals surface area contributed by atoms with E-state index in [1.807, 2.05) is 18.2 Å². The molecule has 1 aliphatic carbocycles. The van der Waals surface area contributed by atoms with Gasteiger partial charge in [0.1, 0.15) is 11.1 Å². The van der Waals surface area contributed by atoms with Gasteiger partial charge in [-0.05, 0) is 24.6 Å². The van der Waals surface area contributed by atoms with Gasteiger partial charge in [-0.2, -0.15) is 0 Å². The highest BCUT2D eigenvalue weighted by atomic mass is 35.5. The Hall–Kier alpha value is -0.900. The normalized spacial score (nSPS) is 14.7. The minimum absolute atomic E-state index is 0.480. The molecule has 0 aliphatic heterocycles. The second-order valence-electron chi connectivity index (χ2n) is 3.98. The van der Waals surface area contributed by atoms with E-state index in [4.69, 9.17) is 11.6 Å². The van der Waals surface area contributed by atoms with Crippen LogP contribution in [-0.4, -0.2) is 10.1 Å². The molecule has 0 radical (unpaired) electrons. The Labute approximate surface area is 103 Å². The fourth-order valence-electron chi connectivity index (χ4n) is 1.99. The molecule has 16 heavy (non-hydrogen) atoms.